The Morgan fingerprint density at radius 2 is 1.84 bits per heavy atom. The molecule has 1 spiro atoms. The topological polar surface area (TPSA) is 115 Å². The summed E-state index contributed by atoms with van der Waals surface area (Å²) in [7, 11) is 0. The number of fused-ring (bicyclic) bond motifs is 2. The molecule has 1 aromatic carbocycles. The lowest BCUT2D eigenvalue weighted by molar-refractivity contribution is -0.139. The van der Waals surface area contributed by atoms with Gasteiger partial charge in [0.15, 0.2) is 0 Å². The number of aromatic amines is 1. The summed E-state index contributed by atoms with van der Waals surface area (Å²) in [6.07, 6.45) is 5.78. The Bertz CT molecular complexity index is 1150. The maximum absolute atomic E-state index is 13.7. The van der Waals surface area contributed by atoms with Crippen molar-refractivity contribution in [1.82, 2.24) is 25.4 Å². The van der Waals surface area contributed by atoms with E-state index in [1.54, 1.807) is 18.3 Å². The van der Waals surface area contributed by atoms with Gasteiger partial charge < -0.3 is 25.4 Å². The van der Waals surface area contributed by atoms with Gasteiger partial charge in [0.25, 0.3) is 5.91 Å². The highest BCUT2D eigenvalue weighted by Crippen LogP contribution is 2.36. The molecule has 1 unspecified atom stereocenters. The Morgan fingerprint density at radius 3 is 2.61 bits per heavy atom. The van der Waals surface area contributed by atoms with Crippen LogP contribution in [-0.4, -0.2) is 71.1 Å². The van der Waals surface area contributed by atoms with Crippen LogP contribution in [0.25, 0.3) is 0 Å². The number of H-pyrrole nitrogens is 1. The van der Waals surface area contributed by atoms with Gasteiger partial charge >= 0.3 is 0 Å². The summed E-state index contributed by atoms with van der Waals surface area (Å²) in [6.45, 7) is 5.03. The van der Waals surface area contributed by atoms with Crippen LogP contribution in [0.2, 0.25) is 0 Å². The summed E-state index contributed by atoms with van der Waals surface area (Å²) in [6, 6.07) is 11.2. The highest BCUT2D eigenvalue weighted by Gasteiger charge is 2.44. The van der Waals surface area contributed by atoms with E-state index >= 15 is 0 Å². The minimum Gasteiger partial charge on any atom is -0.357 e. The second-order valence-corrected chi connectivity index (χ2v) is 10.7. The zero-order valence-electron chi connectivity index (χ0n) is 22.4. The van der Waals surface area contributed by atoms with E-state index in [2.05, 4.69) is 29.5 Å². The van der Waals surface area contributed by atoms with Crippen molar-refractivity contribution in [3.63, 3.8) is 0 Å². The number of aromatic nitrogens is 1. The molecule has 204 valence electrons. The number of hydrogen-bond acceptors (Lipinski definition) is 4. The predicted molar refractivity (Wildman–Crippen MR) is 144 cm³/mol. The molecule has 9 nitrogen and oxygen atoms in total. The highest BCUT2D eigenvalue weighted by molar-refractivity contribution is 5.97. The Labute approximate surface area is 224 Å². The first-order valence-electron chi connectivity index (χ1n) is 13.7. The number of nitrogens with zero attached hydrogens (tertiary/aromatic N) is 2. The van der Waals surface area contributed by atoms with Gasteiger partial charge in [-0.15, -0.1) is 0 Å². The second-order valence-electron chi connectivity index (χ2n) is 10.7. The molecular weight excluding hydrogens is 482 g/mol. The fourth-order valence-electron chi connectivity index (χ4n) is 5.34. The summed E-state index contributed by atoms with van der Waals surface area (Å²) in [5.41, 5.74) is 1.13. The van der Waals surface area contributed by atoms with E-state index in [4.69, 9.17) is 0 Å². The largest absolute Gasteiger partial charge is 0.357 e. The van der Waals surface area contributed by atoms with Gasteiger partial charge in [0, 0.05) is 25.8 Å². The minimum atomic E-state index is -1.17. The minimum absolute atomic E-state index is 0.108. The van der Waals surface area contributed by atoms with Gasteiger partial charge in [-0.1, -0.05) is 38.1 Å². The molecule has 1 saturated heterocycles. The van der Waals surface area contributed by atoms with Crippen molar-refractivity contribution < 1.29 is 19.2 Å². The van der Waals surface area contributed by atoms with Gasteiger partial charge in [0.1, 0.15) is 17.8 Å². The average Bonchev–Trinajstić information content (AvgIpc) is 3.44. The number of nitrogens with one attached hydrogen (secondary N) is 3. The van der Waals surface area contributed by atoms with Gasteiger partial charge in [-0.25, -0.2) is 0 Å². The number of benzene rings is 1. The van der Waals surface area contributed by atoms with Crippen molar-refractivity contribution in [2.45, 2.75) is 57.9 Å². The first-order chi connectivity index (χ1) is 18.3. The van der Waals surface area contributed by atoms with Gasteiger partial charge in [-0.2, -0.15) is 0 Å². The third kappa shape index (κ3) is 6.26. The van der Waals surface area contributed by atoms with Crippen LogP contribution in [0.5, 0.6) is 0 Å². The van der Waals surface area contributed by atoms with E-state index in [-0.39, 0.29) is 36.7 Å². The van der Waals surface area contributed by atoms with Crippen molar-refractivity contribution in [2.24, 2.45) is 5.92 Å². The molecule has 3 N–H and O–H groups in total. The van der Waals surface area contributed by atoms with E-state index < -0.39 is 5.54 Å². The number of carbonyl (C=O) groups excluding carboxylic acids is 4. The number of amides is 4. The van der Waals surface area contributed by atoms with Crippen LogP contribution in [0.1, 0.15) is 67.6 Å². The standard InChI is InChI=1S/C29H39N5O4/c1-21(2)13-18-33-19-25(35)32-29(14-7-10-22-9-3-4-11-23(22)29)28(38)31-15-5-6-17-34(20-26(33)36)27(37)24-12-8-16-30-24/h3-4,8-9,11-12,16,21,30H,5-7,10,13-15,17-20H2,1-2H3,(H,31,38)(H,32,35). The SMILES string of the molecule is CC(C)CCN1CC(=O)NC2(CCCc3ccccc32)C(=O)NCCCCN(C(=O)c2ccc[nH]2)CC1=O. The summed E-state index contributed by atoms with van der Waals surface area (Å²) >= 11 is 0. The zero-order valence-corrected chi connectivity index (χ0v) is 22.4. The van der Waals surface area contributed by atoms with Gasteiger partial charge in [0.05, 0.1) is 6.54 Å². The van der Waals surface area contributed by atoms with Crippen molar-refractivity contribution >= 4 is 23.6 Å². The normalized spacial score (nSPS) is 21.6. The first kappa shape index (κ1) is 27.4. The lowest BCUT2D eigenvalue weighted by Crippen LogP contribution is -2.60. The molecule has 1 fully saturated rings. The third-order valence-electron chi connectivity index (χ3n) is 7.46. The molecule has 1 atom stereocenters. The molecule has 4 rings (SSSR count). The lowest BCUT2D eigenvalue weighted by Gasteiger charge is -2.39. The van der Waals surface area contributed by atoms with E-state index in [0.29, 0.717) is 50.5 Å². The second kappa shape index (κ2) is 12.3. The maximum Gasteiger partial charge on any atom is 0.270 e. The van der Waals surface area contributed by atoms with Crippen LogP contribution in [-0.2, 0) is 26.3 Å². The van der Waals surface area contributed by atoms with Crippen molar-refractivity contribution in [3.05, 3.63) is 59.4 Å². The molecule has 0 radical (unpaired) electrons. The van der Waals surface area contributed by atoms with Crippen LogP contribution in [0.4, 0.5) is 0 Å². The summed E-state index contributed by atoms with van der Waals surface area (Å²) in [5, 5.41) is 6.10. The van der Waals surface area contributed by atoms with Crippen LogP contribution < -0.4 is 10.6 Å². The Morgan fingerprint density at radius 1 is 1.03 bits per heavy atom. The summed E-state index contributed by atoms with van der Waals surface area (Å²) in [4.78, 5) is 59.8. The molecule has 0 bridgehead atoms. The quantitative estimate of drug-likeness (QED) is 0.574. The van der Waals surface area contributed by atoms with Crippen molar-refractivity contribution in [2.75, 3.05) is 32.7 Å². The third-order valence-corrected chi connectivity index (χ3v) is 7.46. The van der Waals surface area contributed by atoms with E-state index in [0.717, 1.165) is 30.4 Å². The highest BCUT2D eigenvalue weighted by atomic mass is 16.2. The fraction of sp³-hybridized carbons (Fsp3) is 0.517. The van der Waals surface area contributed by atoms with Gasteiger partial charge in [0.2, 0.25) is 17.7 Å². The fourth-order valence-corrected chi connectivity index (χ4v) is 5.34. The van der Waals surface area contributed by atoms with E-state index in [1.165, 1.54) is 9.80 Å². The molecule has 38 heavy (non-hydrogen) atoms. The molecule has 2 aliphatic rings. The zero-order chi connectivity index (χ0) is 27.1. The first-order valence-corrected chi connectivity index (χ1v) is 13.7. The predicted octanol–water partition coefficient (Wildman–Crippen LogP) is 2.59. The molecular formula is C29H39N5O4. The number of hydrogen-bond donors (Lipinski definition) is 3. The Balaban J connectivity index is 1.62. The molecule has 2 aromatic rings. The van der Waals surface area contributed by atoms with Crippen LogP contribution in [0.15, 0.2) is 42.6 Å². The molecule has 9 heteroatoms. The van der Waals surface area contributed by atoms with E-state index in [9.17, 15) is 19.2 Å². The van der Waals surface area contributed by atoms with Crippen LogP contribution in [0.3, 0.4) is 0 Å². The van der Waals surface area contributed by atoms with Crippen molar-refractivity contribution in [3.8, 4) is 0 Å². The van der Waals surface area contributed by atoms with E-state index in [1.807, 2.05) is 24.3 Å². The molecule has 1 aliphatic carbocycles. The number of aryl methyl sites for hydroxylation is 1. The molecule has 2 heterocycles. The van der Waals surface area contributed by atoms with Crippen LogP contribution in [0, 0.1) is 5.92 Å². The number of rotatable bonds is 4. The van der Waals surface area contributed by atoms with Crippen LogP contribution >= 0.6 is 0 Å². The molecule has 1 aliphatic heterocycles. The summed E-state index contributed by atoms with van der Waals surface area (Å²) < 4.78 is 0. The summed E-state index contributed by atoms with van der Waals surface area (Å²) in [5.74, 6) is -0.813. The maximum atomic E-state index is 13.7. The van der Waals surface area contributed by atoms with Gasteiger partial charge in [-0.3, -0.25) is 19.2 Å². The smallest absolute Gasteiger partial charge is 0.270 e. The lowest BCUT2D eigenvalue weighted by atomic mass is 9.75. The molecule has 4 amide bonds. The Hall–Kier alpha value is -3.62. The van der Waals surface area contributed by atoms with Gasteiger partial charge in [-0.05, 0) is 67.7 Å². The molecule has 1 aromatic heterocycles. The average molecular weight is 522 g/mol. The monoisotopic (exact) mass is 521 g/mol. The van der Waals surface area contributed by atoms with Crippen molar-refractivity contribution in [1.29, 1.82) is 0 Å². The Kier molecular flexibility index (Phi) is 8.86. The molecule has 0 saturated carbocycles. The number of carbonyl (C=O) groups is 4.